The minimum atomic E-state index is 0.512. The third-order valence-electron chi connectivity index (χ3n) is 2.71. The van der Waals surface area contributed by atoms with Crippen LogP contribution < -0.4 is 0 Å². The van der Waals surface area contributed by atoms with E-state index in [2.05, 4.69) is 39.5 Å². The molecule has 1 heteroatoms. The van der Waals surface area contributed by atoms with E-state index in [1.807, 2.05) is 0 Å². The summed E-state index contributed by atoms with van der Waals surface area (Å²) in [4.78, 5) is 2.57. The summed E-state index contributed by atoms with van der Waals surface area (Å²) in [7, 11) is 0. The van der Waals surface area contributed by atoms with E-state index in [0.717, 1.165) is 0 Å². The Bertz CT molecular complexity index is 142. The average molecular weight is 169 g/mol. The van der Waals surface area contributed by atoms with Crippen LogP contribution in [0, 0.1) is 10.8 Å². The van der Waals surface area contributed by atoms with Crippen molar-refractivity contribution in [1.82, 2.24) is 4.90 Å². The molecule has 0 atom stereocenters. The van der Waals surface area contributed by atoms with Gasteiger partial charge >= 0.3 is 0 Å². The number of hydrogen-bond donors (Lipinski definition) is 0. The highest BCUT2D eigenvalue weighted by Gasteiger charge is 2.36. The van der Waals surface area contributed by atoms with Crippen LogP contribution in [0.1, 0.15) is 41.0 Å². The van der Waals surface area contributed by atoms with Gasteiger partial charge in [0.2, 0.25) is 0 Å². The molecule has 0 N–H and O–H groups in total. The van der Waals surface area contributed by atoms with Gasteiger partial charge in [-0.25, -0.2) is 0 Å². The third kappa shape index (κ3) is 2.48. The lowest BCUT2D eigenvalue weighted by Gasteiger charge is -2.46. The van der Waals surface area contributed by atoms with Gasteiger partial charge in [-0.05, 0) is 23.8 Å². The summed E-state index contributed by atoms with van der Waals surface area (Å²) >= 11 is 0. The van der Waals surface area contributed by atoms with E-state index < -0.39 is 0 Å². The molecule has 0 spiro atoms. The quantitative estimate of drug-likeness (QED) is 0.583. The Hall–Kier alpha value is -0.0400. The van der Waals surface area contributed by atoms with Gasteiger partial charge in [0.25, 0.3) is 0 Å². The molecule has 1 rings (SSSR count). The first-order chi connectivity index (χ1) is 5.35. The van der Waals surface area contributed by atoms with Crippen LogP contribution in [0.4, 0.5) is 0 Å². The highest BCUT2D eigenvalue weighted by atomic mass is 15.1. The molecule has 1 aliphatic heterocycles. The number of piperidine rings is 1. The van der Waals surface area contributed by atoms with Gasteiger partial charge in [0.15, 0.2) is 0 Å². The summed E-state index contributed by atoms with van der Waals surface area (Å²) in [6.07, 6.45) is 1.36. The maximum atomic E-state index is 2.57. The smallest absolute Gasteiger partial charge is 0.00330 e. The van der Waals surface area contributed by atoms with Crippen LogP contribution in [0.15, 0.2) is 0 Å². The largest absolute Gasteiger partial charge is 0.303 e. The first-order valence-electron chi connectivity index (χ1n) is 5.07. The van der Waals surface area contributed by atoms with Crippen LogP contribution >= 0.6 is 0 Å². The van der Waals surface area contributed by atoms with E-state index in [4.69, 9.17) is 0 Å². The van der Waals surface area contributed by atoms with E-state index in [1.54, 1.807) is 0 Å². The molecule has 1 saturated heterocycles. The number of hydrogen-bond acceptors (Lipinski definition) is 1. The average Bonchev–Trinajstić information content (AvgIpc) is 1.80. The van der Waals surface area contributed by atoms with Gasteiger partial charge in [0.1, 0.15) is 0 Å². The van der Waals surface area contributed by atoms with E-state index >= 15 is 0 Å². The lowest BCUT2D eigenvalue weighted by atomic mass is 9.71. The molecule has 0 aromatic rings. The molecular weight excluding hydrogens is 146 g/mol. The number of nitrogens with zero attached hydrogens (tertiary/aromatic N) is 1. The molecule has 0 aromatic heterocycles. The van der Waals surface area contributed by atoms with Crippen molar-refractivity contribution in [3.8, 4) is 0 Å². The summed E-state index contributed by atoms with van der Waals surface area (Å²) in [6, 6.07) is 0. The zero-order chi connectivity index (χ0) is 9.41. The topological polar surface area (TPSA) is 3.24 Å². The summed E-state index contributed by atoms with van der Waals surface area (Å²) in [6.45, 7) is 15.5. The van der Waals surface area contributed by atoms with Gasteiger partial charge in [-0.15, -0.1) is 0 Å². The van der Waals surface area contributed by atoms with Gasteiger partial charge < -0.3 is 4.90 Å². The SMILES string of the molecule is CCN1CC(C)(C)CC(C)(C)C1. The maximum Gasteiger partial charge on any atom is 0.00330 e. The monoisotopic (exact) mass is 169 g/mol. The van der Waals surface area contributed by atoms with Crippen LogP contribution in [-0.2, 0) is 0 Å². The van der Waals surface area contributed by atoms with Crippen LogP contribution in [0.25, 0.3) is 0 Å². The third-order valence-corrected chi connectivity index (χ3v) is 2.71. The standard InChI is InChI=1S/C11H23N/c1-6-12-8-10(2,3)7-11(4,5)9-12/h6-9H2,1-5H3. The zero-order valence-electron chi connectivity index (χ0n) is 9.28. The second-order valence-corrected chi connectivity index (χ2v) is 5.81. The molecule has 1 nitrogen and oxygen atoms in total. The van der Waals surface area contributed by atoms with E-state index in [-0.39, 0.29) is 0 Å². The molecule has 72 valence electrons. The minimum absolute atomic E-state index is 0.512. The van der Waals surface area contributed by atoms with Crippen LogP contribution in [0.2, 0.25) is 0 Å². The van der Waals surface area contributed by atoms with Crippen LogP contribution in [0.3, 0.4) is 0 Å². The molecule has 0 bridgehead atoms. The van der Waals surface area contributed by atoms with E-state index in [1.165, 1.54) is 26.1 Å². The molecule has 0 aromatic carbocycles. The Kier molecular flexibility index (Phi) is 2.53. The fourth-order valence-corrected chi connectivity index (χ4v) is 2.90. The highest BCUT2D eigenvalue weighted by molar-refractivity contribution is 4.89. The first-order valence-corrected chi connectivity index (χ1v) is 5.07. The fraction of sp³-hybridized carbons (Fsp3) is 1.00. The molecule has 0 aliphatic carbocycles. The van der Waals surface area contributed by atoms with Crippen molar-refractivity contribution >= 4 is 0 Å². The van der Waals surface area contributed by atoms with Gasteiger partial charge in [0, 0.05) is 13.1 Å². The summed E-state index contributed by atoms with van der Waals surface area (Å²) < 4.78 is 0. The van der Waals surface area contributed by atoms with Crippen molar-refractivity contribution in [2.45, 2.75) is 41.0 Å². The van der Waals surface area contributed by atoms with Crippen LogP contribution in [0.5, 0.6) is 0 Å². The normalized spacial score (nSPS) is 28.8. The Balaban J connectivity index is 2.66. The molecule has 0 unspecified atom stereocenters. The summed E-state index contributed by atoms with van der Waals surface area (Å²) in [5.41, 5.74) is 1.02. The molecule has 0 radical (unpaired) electrons. The predicted molar refractivity (Wildman–Crippen MR) is 54.3 cm³/mol. The van der Waals surface area contributed by atoms with Crippen molar-refractivity contribution in [3.63, 3.8) is 0 Å². The van der Waals surface area contributed by atoms with Gasteiger partial charge in [-0.2, -0.15) is 0 Å². The highest BCUT2D eigenvalue weighted by Crippen LogP contribution is 2.39. The zero-order valence-corrected chi connectivity index (χ0v) is 9.28. The first kappa shape index (κ1) is 10.0. The fourth-order valence-electron chi connectivity index (χ4n) is 2.90. The molecule has 1 fully saturated rings. The Morgan fingerprint density at radius 3 is 1.75 bits per heavy atom. The lowest BCUT2D eigenvalue weighted by Crippen LogP contribution is -2.48. The van der Waals surface area contributed by atoms with E-state index in [9.17, 15) is 0 Å². The number of likely N-dealkylation sites (tertiary alicyclic amines) is 1. The van der Waals surface area contributed by atoms with Crippen molar-refractivity contribution in [3.05, 3.63) is 0 Å². The molecule has 1 heterocycles. The predicted octanol–water partition coefficient (Wildman–Crippen LogP) is 2.76. The Morgan fingerprint density at radius 1 is 1.00 bits per heavy atom. The van der Waals surface area contributed by atoms with Crippen molar-refractivity contribution < 1.29 is 0 Å². The van der Waals surface area contributed by atoms with Crippen molar-refractivity contribution in [1.29, 1.82) is 0 Å². The van der Waals surface area contributed by atoms with Gasteiger partial charge in [0.05, 0.1) is 0 Å². The number of rotatable bonds is 1. The second-order valence-electron chi connectivity index (χ2n) is 5.81. The lowest BCUT2D eigenvalue weighted by molar-refractivity contribution is 0.0312. The molecule has 0 saturated carbocycles. The molecule has 1 aliphatic rings. The van der Waals surface area contributed by atoms with E-state index in [0.29, 0.717) is 10.8 Å². The van der Waals surface area contributed by atoms with Crippen molar-refractivity contribution in [2.75, 3.05) is 19.6 Å². The molecule has 12 heavy (non-hydrogen) atoms. The van der Waals surface area contributed by atoms with Crippen molar-refractivity contribution in [2.24, 2.45) is 10.8 Å². The maximum absolute atomic E-state index is 2.57. The molecule has 0 amide bonds. The molecular formula is C11H23N. The Morgan fingerprint density at radius 2 is 1.42 bits per heavy atom. The summed E-state index contributed by atoms with van der Waals surface area (Å²) in [5.74, 6) is 0. The van der Waals surface area contributed by atoms with Gasteiger partial charge in [-0.3, -0.25) is 0 Å². The summed E-state index contributed by atoms with van der Waals surface area (Å²) in [5, 5.41) is 0. The van der Waals surface area contributed by atoms with Gasteiger partial charge in [-0.1, -0.05) is 34.6 Å². The Labute approximate surface area is 77.1 Å². The van der Waals surface area contributed by atoms with Crippen LogP contribution in [-0.4, -0.2) is 24.5 Å². The second kappa shape index (κ2) is 3.02. The minimum Gasteiger partial charge on any atom is -0.303 e.